The topological polar surface area (TPSA) is 75.8 Å². The molecule has 1 unspecified atom stereocenters. The van der Waals surface area contributed by atoms with Crippen LogP contribution in [0.2, 0.25) is 0 Å². The number of carboxylic acids is 1. The molecule has 0 fully saturated rings. The van der Waals surface area contributed by atoms with E-state index in [2.05, 4.69) is 4.98 Å². The molecule has 0 aliphatic carbocycles. The van der Waals surface area contributed by atoms with E-state index in [9.17, 15) is 9.90 Å². The molecule has 0 radical (unpaired) electrons. The number of carbonyl (C=O) groups is 1. The number of nitrogens with zero attached hydrogens (tertiary/aromatic N) is 2. The zero-order valence-electron chi connectivity index (χ0n) is 20.1. The van der Waals surface area contributed by atoms with Gasteiger partial charge in [-0.3, -0.25) is 4.79 Å². The number of likely N-dealkylation sites (N-methyl/N-ethyl adjacent to an activating group) is 1. The number of para-hydroxylation sites is 1. The van der Waals surface area contributed by atoms with E-state index in [0.717, 1.165) is 34.0 Å². The minimum absolute atomic E-state index is 0.0473. The zero-order valence-corrected chi connectivity index (χ0v) is 20.1. The van der Waals surface area contributed by atoms with Gasteiger partial charge in [0.25, 0.3) is 0 Å². The monoisotopic (exact) mass is 470 g/mol. The van der Waals surface area contributed by atoms with Crippen molar-refractivity contribution in [2.24, 2.45) is 0 Å². The number of ether oxygens (including phenoxy) is 1. The maximum atomic E-state index is 11.5. The molecule has 35 heavy (non-hydrogen) atoms. The minimum atomic E-state index is -0.817. The lowest BCUT2D eigenvalue weighted by Crippen LogP contribution is -2.35. The quantitative estimate of drug-likeness (QED) is 0.299. The number of aliphatic carboxylic acids is 1. The summed E-state index contributed by atoms with van der Waals surface area (Å²) in [4.78, 5) is 18.2. The van der Waals surface area contributed by atoms with Crippen LogP contribution >= 0.6 is 0 Å². The van der Waals surface area contributed by atoms with Gasteiger partial charge in [-0.25, -0.2) is 4.98 Å². The van der Waals surface area contributed by atoms with E-state index in [4.69, 9.17) is 9.15 Å². The normalized spacial score (nSPS) is 11.7. The Labute approximate surface area is 205 Å². The summed E-state index contributed by atoms with van der Waals surface area (Å²) in [5, 5.41) is 9.47. The van der Waals surface area contributed by atoms with E-state index in [-0.39, 0.29) is 12.5 Å². The van der Waals surface area contributed by atoms with Gasteiger partial charge in [0.15, 0.2) is 0 Å². The van der Waals surface area contributed by atoms with Gasteiger partial charge < -0.3 is 19.2 Å². The number of hydrogen-bond donors (Lipinski definition) is 1. The fourth-order valence-electron chi connectivity index (χ4n) is 4.09. The summed E-state index contributed by atoms with van der Waals surface area (Å²) in [6, 6.07) is 27.4. The molecule has 6 nitrogen and oxygen atoms in total. The van der Waals surface area contributed by atoms with E-state index in [1.807, 2.05) is 104 Å². The first-order valence-electron chi connectivity index (χ1n) is 11.7. The fraction of sp³-hybridized carbons (Fsp3) is 0.241. The molecule has 0 saturated carbocycles. The first-order valence-corrected chi connectivity index (χ1v) is 11.7. The Hall–Kier alpha value is -4.06. The predicted molar refractivity (Wildman–Crippen MR) is 137 cm³/mol. The summed E-state index contributed by atoms with van der Waals surface area (Å²) in [6.07, 6.45) is 1.27. The van der Waals surface area contributed by atoms with Crippen LogP contribution in [0.25, 0.3) is 11.5 Å². The van der Waals surface area contributed by atoms with Gasteiger partial charge >= 0.3 is 5.97 Å². The third-order valence-corrected chi connectivity index (χ3v) is 6.01. The lowest BCUT2D eigenvalue weighted by molar-refractivity contribution is -0.137. The number of benzene rings is 3. The Morgan fingerprint density at radius 2 is 1.74 bits per heavy atom. The van der Waals surface area contributed by atoms with Crippen LogP contribution in [0.3, 0.4) is 0 Å². The Morgan fingerprint density at radius 3 is 2.46 bits per heavy atom. The van der Waals surface area contributed by atoms with Gasteiger partial charge in [-0.05, 0) is 55.3 Å². The van der Waals surface area contributed by atoms with Crippen molar-refractivity contribution in [2.75, 3.05) is 18.6 Å². The molecule has 4 aromatic rings. The maximum absolute atomic E-state index is 11.5. The van der Waals surface area contributed by atoms with Gasteiger partial charge in [0.05, 0.1) is 18.7 Å². The highest BCUT2D eigenvalue weighted by Crippen LogP contribution is 2.23. The number of rotatable bonds is 11. The Bertz CT molecular complexity index is 1240. The molecule has 0 amide bonds. The molecule has 0 spiro atoms. The highest BCUT2D eigenvalue weighted by atomic mass is 16.5. The van der Waals surface area contributed by atoms with E-state index in [1.165, 1.54) is 0 Å². The van der Waals surface area contributed by atoms with Crippen molar-refractivity contribution in [2.45, 2.75) is 32.2 Å². The number of hydrogen-bond acceptors (Lipinski definition) is 5. The average Bonchev–Trinajstić information content (AvgIpc) is 3.24. The van der Waals surface area contributed by atoms with Crippen molar-refractivity contribution in [1.82, 2.24) is 4.98 Å². The molecule has 1 aromatic heterocycles. The smallest absolute Gasteiger partial charge is 0.305 e. The highest BCUT2D eigenvalue weighted by Gasteiger charge is 2.20. The molecule has 6 heteroatoms. The van der Waals surface area contributed by atoms with E-state index < -0.39 is 5.97 Å². The van der Waals surface area contributed by atoms with Crippen LogP contribution in [0.1, 0.15) is 23.4 Å². The minimum Gasteiger partial charge on any atom is -0.493 e. The van der Waals surface area contributed by atoms with Gasteiger partial charge in [0.1, 0.15) is 11.5 Å². The molecule has 180 valence electrons. The van der Waals surface area contributed by atoms with Crippen molar-refractivity contribution >= 4 is 11.7 Å². The predicted octanol–water partition coefficient (Wildman–Crippen LogP) is 5.79. The summed E-state index contributed by atoms with van der Waals surface area (Å²) >= 11 is 0. The van der Waals surface area contributed by atoms with Crippen molar-refractivity contribution in [3.8, 4) is 17.2 Å². The maximum Gasteiger partial charge on any atom is 0.305 e. The van der Waals surface area contributed by atoms with Gasteiger partial charge in [-0.2, -0.15) is 0 Å². The second-order valence-electron chi connectivity index (χ2n) is 8.54. The van der Waals surface area contributed by atoms with E-state index in [0.29, 0.717) is 25.3 Å². The first-order chi connectivity index (χ1) is 17.0. The second kappa shape index (κ2) is 11.4. The van der Waals surface area contributed by atoms with Crippen LogP contribution in [0.5, 0.6) is 5.75 Å². The van der Waals surface area contributed by atoms with Crippen LogP contribution in [0.15, 0.2) is 89.3 Å². The molecule has 1 N–H and O–H groups in total. The van der Waals surface area contributed by atoms with Crippen molar-refractivity contribution in [3.63, 3.8) is 0 Å². The van der Waals surface area contributed by atoms with Gasteiger partial charge in [-0.15, -0.1) is 0 Å². The Balaban J connectivity index is 1.39. The van der Waals surface area contributed by atoms with Crippen molar-refractivity contribution in [3.05, 3.63) is 102 Å². The zero-order chi connectivity index (χ0) is 24.6. The van der Waals surface area contributed by atoms with Crippen LogP contribution in [0.4, 0.5) is 5.69 Å². The first kappa shape index (κ1) is 24.1. The number of oxazole rings is 1. The molecule has 1 atom stereocenters. The van der Waals surface area contributed by atoms with Gasteiger partial charge in [-0.1, -0.05) is 48.5 Å². The molecule has 0 bridgehead atoms. The molecule has 0 aliphatic rings. The molecule has 0 aliphatic heterocycles. The summed E-state index contributed by atoms with van der Waals surface area (Å²) in [6.45, 7) is 2.38. The molecule has 3 aromatic carbocycles. The van der Waals surface area contributed by atoms with Crippen LogP contribution in [-0.2, 0) is 17.6 Å². The fourth-order valence-corrected chi connectivity index (χ4v) is 4.09. The molecular weight excluding hydrogens is 440 g/mol. The molecule has 4 rings (SSSR count). The molecular formula is C29H30N2O4. The standard InChI is InChI=1S/C29H30N2O4/c1-21-27(30-29(35-21)23-11-5-3-6-12-23)16-17-34-26-15-9-10-22(19-26)18-25(20-28(32)33)31(2)24-13-7-4-8-14-24/h3-15,19,25H,16-18,20H2,1-2H3,(H,32,33). The number of aryl methyl sites for hydroxylation is 1. The van der Waals surface area contributed by atoms with E-state index in [1.54, 1.807) is 0 Å². The molecule has 0 saturated heterocycles. The van der Waals surface area contributed by atoms with E-state index >= 15 is 0 Å². The highest BCUT2D eigenvalue weighted by molar-refractivity contribution is 5.68. The number of carboxylic acid groups (broad SMARTS) is 1. The summed E-state index contributed by atoms with van der Waals surface area (Å²) in [5.41, 5.74) is 3.85. The molecule has 1 heterocycles. The SMILES string of the molecule is Cc1oc(-c2ccccc2)nc1CCOc1cccc(CC(CC(=O)O)N(C)c2ccccc2)c1. The number of aromatic nitrogens is 1. The Kier molecular flexibility index (Phi) is 7.83. The van der Waals surface area contributed by atoms with Gasteiger partial charge in [0, 0.05) is 30.8 Å². The van der Waals surface area contributed by atoms with Crippen LogP contribution < -0.4 is 9.64 Å². The lowest BCUT2D eigenvalue weighted by atomic mass is 10.0. The number of anilines is 1. The third-order valence-electron chi connectivity index (χ3n) is 6.01. The lowest BCUT2D eigenvalue weighted by Gasteiger charge is -2.29. The van der Waals surface area contributed by atoms with Crippen molar-refractivity contribution in [1.29, 1.82) is 0 Å². The largest absolute Gasteiger partial charge is 0.493 e. The second-order valence-corrected chi connectivity index (χ2v) is 8.54. The van der Waals surface area contributed by atoms with Crippen molar-refractivity contribution < 1.29 is 19.1 Å². The van der Waals surface area contributed by atoms with Gasteiger partial charge in [0.2, 0.25) is 5.89 Å². The average molecular weight is 471 g/mol. The summed E-state index contributed by atoms with van der Waals surface area (Å²) < 4.78 is 11.9. The summed E-state index contributed by atoms with van der Waals surface area (Å²) in [7, 11) is 1.94. The third kappa shape index (κ3) is 6.51. The van der Waals surface area contributed by atoms with Crippen LogP contribution in [-0.4, -0.2) is 35.8 Å². The summed E-state index contributed by atoms with van der Waals surface area (Å²) in [5.74, 6) is 1.35. The Morgan fingerprint density at radius 1 is 1.03 bits per heavy atom. The van der Waals surface area contributed by atoms with Crippen LogP contribution in [0, 0.1) is 6.92 Å².